The van der Waals surface area contributed by atoms with Crippen LogP contribution in [-0.2, 0) is 6.54 Å². The summed E-state index contributed by atoms with van der Waals surface area (Å²) in [6, 6.07) is 7.43. The second kappa shape index (κ2) is 5.44. The first-order valence-corrected chi connectivity index (χ1v) is 6.63. The monoisotopic (exact) mass is 349 g/mol. The zero-order valence-electron chi connectivity index (χ0n) is 10.5. The number of carboxylic acids is 1. The van der Waals surface area contributed by atoms with Crippen molar-refractivity contribution in [3.63, 3.8) is 0 Å². The number of aromatic carboxylic acids is 1. The molecule has 8 nitrogen and oxygen atoms in total. The first-order chi connectivity index (χ1) is 10.1. The summed E-state index contributed by atoms with van der Waals surface area (Å²) in [6.45, 7) is 0.157. The highest BCUT2D eigenvalue weighted by atomic mass is 79.9. The van der Waals surface area contributed by atoms with Crippen molar-refractivity contribution < 1.29 is 14.3 Å². The van der Waals surface area contributed by atoms with Crippen LogP contribution in [0.4, 0.5) is 0 Å². The van der Waals surface area contributed by atoms with E-state index >= 15 is 0 Å². The first kappa shape index (κ1) is 13.4. The fourth-order valence-electron chi connectivity index (χ4n) is 1.64. The summed E-state index contributed by atoms with van der Waals surface area (Å²) in [6.07, 6.45) is 1.30. The summed E-state index contributed by atoms with van der Waals surface area (Å²) in [5.74, 6) is -0.437. The molecular formula is C12H8BrN5O3. The molecule has 21 heavy (non-hydrogen) atoms. The summed E-state index contributed by atoms with van der Waals surface area (Å²) in [4.78, 5) is 10.7. The van der Waals surface area contributed by atoms with E-state index in [0.717, 1.165) is 10.0 Å². The molecule has 2 aromatic heterocycles. The number of aromatic nitrogens is 5. The number of carboxylic acid groups (broad SMARTS) is 1. The van der Waals surface area contributed by atoms with Crippen LogP contribution >= 0.6 is 15.9 Å². The molecule has 106 valence electrons. The predicted molar refractivity (Wildman–Crippen MR) is 73.5 cm³/mol. The average molecular weight is 350 g/mol. The van der Waals surface area contributed by atoms with Crippen molar-refractivity contribution >= 4 is 21.9 Å². The van der Waals surface area contributed by atoms with Gasteiger partial charge in [0.15, 0.2) is 5.69 Å². The van der Waals surface area contributed by atoms with Gasteiger partial charge in [-0.25, -0.2) is 9.48 Å². The Labute approximate surface area is 126 Å². The number of halogens is 1. The van der Waals surface area contributed by atoms with Gasteiger partial charge < -0.3 is 9.52 Å². The second-order valence-electron chi connectivity index (χ2n) is 4.11. The lowest BCUT2D eigenvalue weighted by Gasteiger charge is -1.95. The van der Waals surface area contributed by atoms with Crippen LogP contribution in [0.3, 0.4) is 0 Å². The van der Waals surface area contributed by atoms with Crippen molar-refractivity contribution in [3.05, 3.63) is 46.5 Å². The number of benzene rings is 1. The topological polar surface area (TPSA) is 107 Å². The van der Waals surface area contributed by atoms with Crippen LogP contribution in [0.2, 0.25) is 0 Å². The zero-order valence-corrected chi connectivity index (χ0v) is 12.1. The summed E-state index contributed by atoms with van der Waals surface area (Å²) in [5.41, 5.74) is 0.657. The van der Waals surface area contributed by atoms with Crippen LogP contribution in [0.1, 0.15) is 16.4 Å². The number of hydrogen-bond donors (Lipinski definition) is 1. The number of nitrogens with zero attached hydrogens (tertiary/aromatic N) is 5. The Morgan fingerprint density at radius 1 is 1.24 bits per heavy atom. The van der Waals surface area contributed by atoms with E-state index < -0.39 is 5.97 Å². The molecular weight excluding hydrogens is 342 g/mol. The molecule has 3 aromatic rings. The van der Waals surface area contributed by atoms with Gasteiger partial charge in [0.25, 0.3) is 0 Å². The summed E-state index contributed by atoms with van der Waals surface area (Å²) < 4.78 is 7.78. The first-order valence-electron chi connectivity index (χ1n) is 5.83. The van der Waals surface area contributed by atoms with E-state index in [1.807, 2.05) is 24.3 Å². The van der Waals surface area contributed by atoms with Gasteiger partial charge in [-0.1, -0.05) is 21.1 Å². The van der Waals surface area contributed by atoms with Gasteiger partial charge in [-0.2, -0.15) is 0 Å². The summed E-state index contributed by atoms with van der Waals surface area (Å²) in [7, 11) is 0. The van der Waals surface area contributed by atoms with Crippen molar-refractivity contribution in [2.24, 2.45) is 0 Å². The lowest BCUT2D eigenvalue weighted by molar-refractivity contribution is 0.0690. The maximum atomic E-state index is 10.7. The molecule has 1 N–H and O–H groups in total. The molecule has 2 heterocycles. The average Bonchev–Trinajstić information content (AvgIpc) is 3.10. The Morgan fingerprint density at radius 3 is 2.67 bits per heavy atom. The predicted octanol–water partition coefficient (Wildman–Crippen LogP) is 1.84. The lowest BCUT2D eigenvalue weighted by Crippen LogP contribution is -2.00. The maximum Gasteiger partial charge on any atom is 0.358 e. The highest BCUT2D eigenvalue weighted by Gasteiger charge is 2.12. The van der Waals surface area contributed by atoms with Crippen molar-refractivity contribution in [1.82, 2.24) is 25.2 Å². The second-order valence-corrected chi connectivity index (χ2v) is 5.03. The van der Waals surface area contributed by atoms with E-state index in [1.165, 1.54) is 10.9 Å². The van der Waals surface area contributed by atoms with Crippen LogP contribution < -0.4 is 0 Å². The molecule has 3 rings (SSSR count). The molecule has 0 amide bonds. The van der Waals surface area contributed by atoms with Crippen molar-refractivity contribution in [1.29, 1.82) is 0 Å². The van der Waals surface area contributed by atoms with Gasteiger partial charge in [-0.05, 0) is 24.3 Å². The lowest BCUT2D eigenvalue weighted by atomic mass is 10.2. The third kappa shape index (κ3) is 2.97. The molecule has 0 fully saturated rings. The van der Waals surface area contributed by atoms with Gasteiger partial charge in [0.05, 0.1) is 6.20 Å². The van der Waals surface area contributed by atoms with Crippen LogP contribution in [0.25, 0.3) is 11.5 Å². The summed E-state index contributed by atoms with van der Waals surface area (Å²) in [5, 5.41) is 23.8. The number of carbonyl (C=O) groups is 1. The van der Waals surface area contributed by atoms with Gasteiger partial charge >= 0.3 is 5.97 Å². The third-order valence-corrected chi connectivity index (χ3v) is 3.14. The fourth-order valence-corrected chi connectivity index (χ4v) is 1.90. The molecule has 9 heteroatoms. The zero-order chi connectivity index (χ0) is 14.8. The minimum atomic E-state index is -1.14. The molecule has 0 aliphatic carbocycles. The quantitative estimate of drug-likeness (QED) is 0.765. The van der Waals surface area contributed by atoms with Gasteiger partial charge in [-0.3, -0.25) is 0 Å². The standard InChI is InChI=1S/C12H8BrN5O3/c13-8-3-1-7(2-4-8)11-16-15-10(21-11)6-18-5-9(12(19)20)14-17-18/h1-5H,6H2,(H,19,20). The molecule has 0 bridgehead atoms. The number of hydrogen-bond acceptors (Lipinski definition) is 6. The number of rotatable bonds is 4. The Balaban J connectivity index is 1.78. The third-order valence-electron chi connectivity index (χ3n) is 2.61. The summed E-state index contributed by atoms with van der Waals surface area (Å²) >= 11 is 3.35. The maximum absolute atomic E-state index is 10.7. The minimum absolute atomic E-state index is 0.136. The highest BCUT2D eigenvalue weighted by Crippen LogP contribution is 2.20. The molecule has 0 aliphatic rings. The van der Waals surface area contributed by atoms with E-state index in [9.17, 15) is 4.79 Å². The largest absolute Gasteiger partial charge is 0.476 e. The van der Waals surface area contributed by atoms with Crippen molar-refractivity contribution in [2.45, 2.75) is 6.54 Å². The van der Waals surface area contributed by atoms with E-state index in [0.29, 0.717) is 11.8 Å². The van der Waals surface area contributed by atoms with Crippen LogP contribution in [-0.4, -0.2) is 36.3 Å². The van der Waals surface area contributed by atoms with E-state index in [-0.39, 0.29) is 12.2 Å². The minimum Gasteiger partial charge on any atom is -0.476 e. The van der Waals surface area contributed by atoms with Crippen molar-refractivity contribution in [2.75, 3.05) is 0 Å². The van der Waals surface area contributed by atoms with Gasteiger partial charge in [0, 0.05) is 10.0 Å². The van der Waals surface area contributed by atoms with Crippen LogP contribution in [0, 0.1) is 0 Å². The van der Waals surface area contributed by atoms with Crippen LogP contribution in [0.5, 0.6) is 0 Å². The van der Waals surface area contributed by atoms with Gasteiger partial charge in [0.1, 0.15) is 6.54 Å². The Hall–Kier alpha value is -2.55. The normalized spacial score (nSPS) is 10.7. The van der Waals surface area contributed by atoms with E-state index in [2.05, 4.69) is 36.4 Å². The van der Waals surface area contributed by atoms with Crippen molar-refractivity contribution in [3.8, 4) is 11.5 Å². The molecule has 0 aliphatic heterocycles. The molecule has 1 aromatic carbocycles. The molecule has 0 saturated carbocycles. The smallest absolute Gasteiger partial charge is 0.358 e. The van der Waals surface area contributed by atoms with Gasteiger partial charge in [0.2, 0.25) is 11.8 Å². The fraction of sp³-hybridized carbons (Fsp3) is 0.0833. The molecule has 0 atom stereocenters. The molecule has 0 unspecified atom stereocenters. The Morgan fingerprint density at radius 2 is 2.00 bits per heavy atom. The van der Waals surface area contributed by atoms with E-state index in [4.69, 9.17) is 9.52 Å². The Bertz CT molecular complexity index is 780. The SMILES string of the molecule is O=C(O)c1cn(Cc2nnc(-c3ccc(Br)cc3)o2)nn1. The van der Waals surface area contributed by atoms with Gasteiger partial charge in [-0.15, -0.1) is 15.3 Å². The Kier molecular flexibility index (Phi) is 3.48. The molecule has 0 spiro atoms. The van der Waals surface area contributed by atoms with E-state index in [1.54, 1.807) is 0 Å². The highest BCUT2D eigenvalue weighted by molar-refractivity contribution is 9.10. The molecule has 0 radical (unpaired) electrons. The molecule has 0 saturated heterocycles. The van der Waals surface area contributed by atoms with Crippen LogP contribution in [0.15, 0.2) is 39.4 Å².